The molecule has 7 heteroatoms. The summed E-state index contributed by atoms with van der Waals surface area (Å²) in [6.45, 7) is 2.67. The van der Waals surface area contributed by atoms with E-state index in [2.05, 4.69) is 0 Å². The molecule has 1 heterocycles. The summed E-state index contributed by atoms with van der Waals surface area (Å²) in [5.74, 6) is -0.825. The van der Waals surface area contributed by atoms with Gasteiger partial charge in [0.25, 0.3) is 0 Å². The molecule has 2 nitrogen and oxygen atoms in total. The number of carbonyl (C=O) groups is 1. The van der Waals surface area contributed by atoms with Crippen molar-refractivity contribution < 1.29 is 22.7 Å². The predicted octanol–water partition coefficient (Wildman–Crippen LogP) is 4.60. The first-order valence-corrected chi connectivity index (χ1v) is 6.33. The number of ether oxygens (including phenoxy) is 1. The van der Waals surface area contributed by atoms with E-state index in [1.165, 1.54) is 6.07 Å². The highest BCUT2D eigenvalue weighted by Gasteiger charge is 2.48. The van der Waals surface area contributed by atoms with Crippen molar-refractivity contribution >= 4 is 35.1 Å². The summed E-state index contributed by atoms with van der Waals surface area (Å²) in [6.07, 6.45) is -5.87. The van der Waals surface area contributed by atoms with E-state index in [9.17, 15) is 18.0 Å². The number of rotatable bonds is 1. The molecule has 108 valence electrons. The van der Waals surface area contributed by atoms with Gasteiger partial charge in [0.1, 0.15) is 5.75 Å². The summed E-state index contributed by atoms with van der Waals surface area (Å²) in [5.41, 5.74) is 0.338. The Balaban J connectivity index is 2.69. The third-order valence-electron chi connectivity index (χ3n) is 3.00. The van der Waals surface area contributed by atoms with Crippen molar-refractivity contribution in [1.29, 1.82) is 0 Å². The van der Waals surface area contributed by atoms with Gasteiger partial charge in [-0.2, -0.15) is 13.2 Å². The van der Waals surface area contributed by atoms with Gasteiger partial charge in [0.05, 0.1) is 5.02 Å². The molecular formula is C13H9Cl2F3O2. The topological polar surface area (TPSA) is 26.3 Å². The smallest absolute Gasteiger partial charge is 0.429 e. The minimum atomic E-state index is -4.70. The average molecular weight is 325 g/mol. The summed E-state index contributed by atoms with van der Waals surface area (Å²) in [4.78, 5) is 11.4. The number of Topliss-reactive ketones (excluding diaryl/α,β-unsaturated/α-hetero) is 1. The maximum atomic E-state index is 13.0. The zero-order valence-electron chi connectivity index (χ0n) is 10.4. The van der Waals surface area contributed by atoms with E-state index >= 15 is 0 Å². The molecule has 0 radical (unpaired) electrons. The number of hydrogen-bond donors (Lipinski definition) is 0. The fourth-order valence-electron chi connectivity index (χ4n) is 1.95. The molecule has 1 aromatic rings. The second-order valence-corrected chi connectivity index (χ2v) is 5.22. The van der Waals surface area contributed by atoms with E-state index in [-0.39, 0.29) is 10.8 Å². The third-order valence-corrected chi connectivity index (χ3v) is 3.67. The minimum Gasteiger partial charge on any atom is -0.474 e. The van der Waals surface area contributed by atoms with Gasteiger partial charge in [-0.15, -0.1) is 0 Å². The Morgan fingerprint density at radius 2 is 1.90 bits per heavy atom. The summed E-state index contributed by atoms with van der Waals surface area (Å²) < 4.78 is 43.8. The number of hydrogen-bond acceptors (Lipinski definition) is 2. The number of fused-ring (bicyclic) bond motifs is 1. The Kier molecular flexibility index (Phi) is 3.77. The number of halogens is 5. The molecular weight excluding hydrogens is 316 g/mol. The van der Waals surface area contributed by atoms with Crippen molar-refractivity contribution in [3.05, 3.63) is 32.8 Å². The lowest BCUT2D eigenvalue weighted by Crippen LogP contribution is -2.40. The summed E-state index contributed by atoms with van der Waals surface area (Å²) in [6, 6.07) is 1.32. The van der Waals surface area contributed by atoms with Gasteiger partial charge in [-0.05, 0) is 31.6 Å². The highest BCUT2D eigenvalue weighted by Crippen LogP contribution is 2.44. The first-order chi connectivity index (χ1) is 9.12. The van der Waals surface area contributed by atoms with Crippen LogP contribution in [-0.4, -0.2) is 18.1 Å². The Hall–Kier alpha value is -1.20. The second kappa shape index (κ2) is 4.97. The van der Waals surface area contributed by atoms with Gasteiger partial charge in [0.2, 0.25) is 6.10 Å². The van der Waals surface area contributed by atoms with Crippen molar-refractivity contribution in [2.24, 2.45) is 0 Å². The van der Waals surface area contributed by atoms with Crippen LogP contribution < -0.4 is 4.74 Å². The molecule has 0 unspecified atom stereocenters. The van der Waals surface area contributed by atoms with Crippen molar-refractivity contribution in [1.82, 2.24) is 0 Å². The normalized spacial score (nSPS) is 18.1. The lowest BCUT2D eigenvalue weighted by Gasteiger charge is -2.29. The van der Waals surface area contributed by atoms with Gasteiger partial charge >= 0.3 is 6.18 Å². The van der Waals surface area contributed by atoms with Gasteiger partial charge in [0.15, 0.2) is 5.78 Å². The number of alkyl halides is 3. The van der Waals surface area contributed by atoms with E-state index < -0.39 is 23.6 Å². The van der Waals surface area contributed by atoms with Gasteiger partial charge in [-0.3, -0.25) is 4.79 Å². The van der Waals surface area contributed by atoms with E-state index in [1.54, 1.807) is 6.92 Å². The Morgan fingerprint density at radius 1 is 1.30 bits per heavy atom. The lowest BCUT2D eigenvalue weighted by molar-refractivity contribution is -0.184. The largest absolute Gasteiger partial charge is 0.474 e. The molecule has 0 aromatic heterocycles. The van der Waals surface area contributed by atoms with Crippen LogP contribution in [0.5, 0.6) is 5.75 Å². The number of benzene rings is 1. The zero-order valence-corrected chi connectivity index (χ0v) is 12.0. The molecule has 1 atom stereocenters. The molecule has 0 amide bonds. The van der Waals surface area contributed by atoms with Gasteiger partial charge in [-0.1, -0.05) is 23.2 Å². The van der Waals surface area contributed by atoms with Crippen LogP contribution in [0, 0.1) is 6.92 Å². The van der Waals surface area contributed by atoms with Gasteiger partial charge in [-0.25, -0.2) is 0 Å². The summed E-state index contributed by atoms with van der Waals surface area (Å²) in [7, 11) is 0. The van der Waals surface area contributed by atoms with Crippen LogP contribution >= 0.6 is 23.2 Å². The van der Waals surface area contributed by atoms with Crippen molar-refractivity contribution in [3.8, 4) is 5.75 Å². The Bertz CT molecular complexity index is 621. The second-order valence-electron chi connectivity index (χ2n) is 4.40. The van der Waals surface area contributed by atoms with E-state index in [0.29, 0.717) is 16.1 Å². The number of carbonyl (C=O) groups excluding carboxylic acids is 1. The van der Waals surface area contributed by atoms with Crippen LogP contribution in [0.4, 0.5) is 13.2 Å². The molecule has 0 N–H and O–H groups in total. The molecule has 0 fully saturated rings. The Labute approximate surface area is 123 Å². The maximum absolute atomic E-state index is 13.0. The molecule has 1 aromatic carbocycles. The fraction of sp³-hybridized carbons (Fsp3) is 0.308. The molecule has 0 aliphatic carbocycles. The summed E-state index contributed by atoms with van der Waals surface area (Å²) in [5, 5.41) is 0.269. The predicted molar refractivity (Wildman–Crippen MR) is 70.3 cm³/mol. The highest BCUT2D eigenvalue weighted by molar-refractivity contribution is 6.36. The molecule has 0 saturated heterocycles. The number of ketones is 1. The van der Waals surface area contributed by atoms with Crippen LogP contribution in [0.1, 0.15) is 18.1 Å². The van der Waals surface area contributed by atoms with E-state index in [4.69, 9.17) is 27.9 Å². The van der Waals surface area contributed by atoms with E-state index in [0.717, 1.165) is 13.0 Å². The highest BCUT2D eigenvalue weighted by atomic mass is 35.5. The van der Waals surface area contributed by atoms with Gasteiger partial charge < -0.3 is 4.74 Å². The molecule has 0 bridgehead atoms. The van der Waals surface area contributed by atoms with Gasteiger partial charge in [0, 0.05) is 16.2 Å². The molecule has 2 rings (SSSR count). The van der Waals surface area contributed by atoms with Crippen molar-refractivity contribution in [2.45, 2.75) is 26.1 Å². The van der Waals surface area contributed by atoms with Crippen LogP contribution in [0.15, 0.2) is 11.6 Å². The zero-order chi connectivity index (χ0) is 15.2. The molecule has 1 aliphatic heterocycles. The molecule has 20 heavy (non-hydrogen) atoms. The Morgan fingerprint density at radius 3 is 2.40 bits per heavy atom. The van der Waals surface area contributed by atoms with Crippen molar-refractivity contribution in [3.63, 3.8) is 0 Å². The van der Waals surface area contributed by atoms with Crippen LogP contribution in [0.25, 0.3) is 6.08 Å². The SMILES string of the molecule is CC(=O)C1=Cc2c(C)c(Cl)cc(Cl)c2O[C@@H]1C(F)(F)F. The third kappa shape index (κ3) is 2.52. The van der Waals surface area contributed by atoms with Crippen molar-refractivity contribution in [2.75, 3.05) is 0 Å². The first-order valence-electron chi connectivity index (χ1n) is 5.57. The maximum Gasteiger partial charge on any atom is 0.429 e. The summed E-state index contributed by atoms with van der Waals surface area (Å²) >= 11 is 11.8. The van der Waals surface area contributed by atoms with Crippen LogP contribution in [0.3, 0.4) is 0 Å². The quantitative estimate of drug-likeness (QED) is 0.754. The first kappa shape index (κ1) is 15.2. The van der Waals surface area contributed by atoms with E-state index in [1.807, 2.05) is 0 Å². The van der Waals surface area contributed by atoms with Crippen LogP contribution in [0.2, 0.25) is 10.0 Å². The standard InChI is InChI=1S/C13H9Cl2F3O2/c1-5-7-3-8(6(2)19)12(13(16,17)18)20-11(7)10(15)4-9(5)14/h3-4,12H,1-2H3/t12-/m0/s1. The fourth-order valence-corrected chi connectivity index (χ4v) is 2.47. The lowest BCUT2D eigenvalue weighted by atomic mass is 9.96. The monoisotopic (exact) mass is 324 g/mol. The average Bonchev–Trinajstić information content (AvgIpc) is 2.33. The molecule has 0 saturated carbocycles. The minimum absolute atomic E-state index is 0.0243. The molecule has 1 aliphatic rings. The molecule has 0 spiro atoms. The van der Waals surface area contributed by atoms with Crippen LogP contribution in [-0.2, 0) is 4.79 Å².